The third-order valence-electron chi connectivity index (χ3n) is 4.24. The van der Waals surface area contributed by atoms with Crippen molar-refractivity contribution in [3.63, 3.8) is 0 Å². The maximum atomic E-state index is 10.1. The number of hydrogen-bond donors (Lipinski definition) is 2. The summed E-state index contributed by atoms with van der Waals surface area (Å²) >= 11 is 6.30. The van der Waals surface area contributed by atoms with Gasteiger partial charge in [0.2, 0.25) is 0 Å². The number of pyridine rings is 1. The Morgan fingerprint density at radius 3 is 2.88 bits per heavy atom. The summed E-state index contributed by atoms with van der Waals surface area (Å²) in [5, 5.41) is 17.3. The van der Waals surface area contributed by atoms with E-state index in [4.69, 9.17) is 4.98 Å². The third-order valence-corrected chi connectivity index (χ3v) is 6.84. The Kier molecular flexibility index (Phi) is 6.98. The molecule has 26 heavy (non-hydrogen) atoms. The molecule has 7 heteroatoms. The Hall–Kier alpha value is -0.650. The molecule has 0 bridgehead atoms. The first-order valence-electron chi connectivity index (χ1n) is 8.10. The molecule has 2 atom stereocenters. The third kappa shape index (κ3) is 4.26. The van der Waals surface area contributed by atoms with E-state index < -0.39 is 6.10 Å². The van der Waals surface area contributed by atoms with Crippen molar-refractivity contribution in [1.29, 1.82) is 0 Å². The summed E-state index contributed by atoms with van der Waals surface area (Å²) in [4.78, 5) is 4.71. The maximum absolute atomic E-state index is 10.1. The van der Waals surface area contributed by atoms with Crippen LogP contribution in [0.1, 0.15) is 17.0 Å². The molecule has 2 aromatic rings. The largest absolute Gasteiger partial charge is 0.387 e. The molecule has 1 aliphatic carbocycles. The summed E-state index contributed by atoms with van der Waals surface area (Å²) in [7, 11) is 0. The van der Waals surface area contributed by atoms with Gasteiger partial charge in [-0.2, -0.15) is 16.9 Å². The molecule has 1 aliphatic rings. The van der Waals surface area contributed by atoms with Crippen LogP contribution >= 0.6 is 56.9 Å². The topological polar surface area (TPSA) is 61.8 Å². The average Bonchev–Trinajstić information content (AvgIpc) is 3.12. The average molecular weight is 591 g/mol. The van der Waals surface area contributed by atoms with Crippen LogP contribution in [0.4, 0.5) is 0 Å². The smallest absolute Gasteiger partial charge is 0.0999 e. The Bertz CT molecular complexity index is 875. The Morgan fingerprint density at radius 1 is 1.38 bits per heavy atom. The highest BCUT2D eigenvalue weighted by atomic mass is 127. The molecule has 0 fully saturated rings. The van der Waals surface area contributed by atoms with Gasteiger partial charge in [0.1, 0.15) is 0 Å². The second-order valence-corrected chi connectivity index (χ2v) is 9.58. The number of hydrogen-bond acceptors (Lipinski definition) is 4. The Morgan fingerprint density at radius 2 is 2.19 bits per heavy atom. The molecule has 0 saturated heterocycles. The lowest BCUT2D eigenvalue weighted by Gasteiger charge is -2.21. The van der Waals surface area contributed by atoms with Crippen molar-refractivity contribution in [1.82, 2.24) is 15.2 Å². The fourth-order valence-corrected chi connectivity index (χ4v) is 5.45. The van der Waals surface area contributed by atoms with Gasteiger partial charge in [0, 0.05) is 20.9 Å². The number of halogens is 2. The fraction of sp³-hybridized carbons (Fsp3) is 0.263. The van der Waals surface area contributed by atoms with Gasteiger partial charge in [0.05, 0.1) is 27.6 Å². The van der Waals surface area contributed by atoms with Gasteiger partial charge in [-0.1, -0.05) is 35.2 Å². The molecule has 0 amide bonds. The number of aromatic amines is 1. The summed E-state index contributed by atoms with van der Waals surface area (Å²) < 4.78 is 0.997. The SMILES string of the molecule is C=Cc1[nH]ncc1-c1cnc(C2=CC(I)C(O)C(I)=C2)cc1CCSC. The van der Waals surface area contributed by atoms with Gasteiger partial charge in [-0.3, -0.25) is 10.1 Å². The number of aromatic nitrogens is 3. The summed E-state index contributed by atoms with van der Waals surface area (Å²) in [5.74, 6) is 1.04. The van der Waals surface area contributed by atoms with Gasteiger partial charge in [0.25, 0.3) is 0 Å². The minimum atomic E-state index is -0.434. The van der Waals surface area contributed by atoms with Crippen molar-refractivity contribution < 1.29 is 5.11 Å². The van der Waals surface area contributed by atoms with E-state index in [-0.39, 0.29) is 3.92 Å². The van der Waals surface area contributed by atoms with E-state index in [1.54, 1.807) is 6.08 Å². The van der Waals surface area contributed by atoms with Crippen molar-refractivity contribution >= 4 is 68.6 Å². The van der Waals surface area contributed by atoms with Crippen molar-refractivity contribution in [3.05, 3.63) is 57.7 Å². The zero-order chi connectivity index (χ0) is 18.7. The van der Waals surface area contributed by atoms with E-state index in [0.29, 0.717) is 0 Å². The van der Waals surface area contributed by atoms with Crippen LogP contribution in [-0.4, -0.2) is 42.3 Å². The van der Waals surface area contributed by atoms with Crippen molar-refractivity contribution in [2.45, 2.75) is 16.4 Å². The van der Waals surface area contributed by atoms with Gasteiger partial charge >= 0.3 is 0 Å². The van der Waals surface area contributed by atoms with Crippen LogP contribution in [0.3, 0.4) is 0 Å². The van der Waals surface area contributed by atoms with Gasteiger partial charge in [0.15, 0.2) is 0 Å². The number of thioether (sulfide) groups is 1. The van der Waals surface area contributed by atoms with Crippen LogP contribution in [0.25, 0.3) is 22.8 Å². The number of allylic oxidation sites excluding steroid dienone is 2. The number of rotatable bonds is 6. The van der Waals surface area contributed by atoms with Gasteiger partial charge in [-0.05, 0) is 70.4 Å². The van der Waals surface area contributed by atoms with Crippen molar-refractivity contribution in [3.8, 4) is 11.1 Å². The number of nitrogens with one attached hydrogen (secondary N) is 1. The second kappa shape index (κ2) is 9.03. The number of alkyl halides is 1. The maximum Gasteiger partial charge on any atom is 0.0999 e. The lowest BCUT2D eigenvalue weighted by atomic mass is 9.96. The first kappa shape index (κ1) is 20.1. The molecule has 2 heterocycles. The molecule has 0 saturated carbocycles. The molecule has 0 spiro atoms. The number of aryl methyl sites for hydroxylation is 1. The van der Waals surface area contributed by atoms with Crippen LogP contribution in [0.5, 0.6) is 0 Å². The van der Waals surface area contributed by atoms with Crippen molar-refractivity contribution in [2.75, 3.05) is 12.0 Å². The molecule has 136 valence electrons. The zero-order valence-corrected chi connectivity index (χ0v) is 19.4. The summed E-state index contributed by atoms with van der Waals surface area (Å²) in [6.07, 6.45) is 12.3. The van der Waals surface area contributed by atoms with Crippen LogP contribution in [0.15, 0.2) is 40.8 Å². The van der Waals surface area contributed by atoms with E-state index in [0.717, 1.165) is 43.8 Å². The molecule has 4 nitrogen and oxygen atoms in total. The minimum Gasteiger partial charge on any atom is -0.387 e. The standard InChI is InChI=1S/C19H19I2N3OS/c1-3-17-14(10-23-24-17)13-9-22-18(8-11(13)4-5-26-2)12-6-15(20)19(25)16(21)7-12/h3,6-10,15,19,25H,1,4-5H2,2H3,(H,23,24). The quantitative estimate of drug-likeness (QED) is 0.371. The number of aliphatic hydroxyl groups is 1. The van der Waals surface area contributed by atoms with Gasteiger partial charge in [-0.15, -0.1) is 0 Å². The number of aliphatic hydroxyl groups excluding tert-OH is 1. The number of nitrogens with zero attached hydrogens (tertiary/aromatic N) is 2. The van der Waals surface area contributed by atoms with Gasteiger partial charge < -0.3 is 5.11 Å². The Balaban J connectivity index is 2.05. The lowest BCUT2D eigenvalue weighted by molar-refractivity contribution is 0.233. The summed E-state index contributed by atoms with van der Waals surface area (Å²) in [5.41, 5.74) is 6.28. The van der Waals surface area contributed by atoms with E-state index in [2.05, 4.69) is 80.4 Å². The van der Waals surface area contributed by atoms with E-state index in [9.17, 15) is 5.11 Å². The van der Waals surface area contributed by atoms with Gasteiger partial charge in [-0.25, -0.2) is 0 Å². The molecule has 3 rings (SSSR count). The van der Waals surface area contributed by atoms with Crippen LogP contribution < -0.4 is 0 Å². The minimum absolute atomic E-state index is 0.0527. The molecule has 0 aromatic carbocycles. The molecule has 0 aliphatic heterocycles. The van der Waals surface area contributed by atoms with E-state index in [1.807, 2.05) is 30.2 Å². The lowest BCUT2D eigenvalue weighted by Crippen LogP contribution is -2.21. The fourth-order valence-electron chi connectivity index (χ4n) is 2.84. The first-order chi connectivity index (χ1) is 12.5. The number of H-pyrrole nitrogens is 1. The monoisotopic (exact) mass is 591 g/mol. The van der Waals surface area contributed by atoms with E-state index >= 15 is 0 Å². The first-order valence-corrected chi connectivity index (χ1v) is 11.8. The molecule has 2 N–H and O–H groups in total. The highest BCUT2D eigenvalue weighted by Crippen LogP contribution is 2.34. The summed E-state index contributed by atoms with van der Waals surface area (Å²) in [6.45, 7) is 3.86. The molecule has 2 unspecified atom stereocenters. The molecular weight excluding hydrogens is 572 g/mol. The predicted octanol–water partition coefficient (Wildman–Crippen LogP) is 4.90. The summed E-state index contributed by atoms with van der Waals surface area (Å²) in [6, 6.07) is 2.17. The second-order valence-electron chi connectivity index (χ2n) is 5.91. The highest BCUT2D eigenvalue weighted by Gasteiger charge is 2.23. The molecule has 2 aromatic heterocycles. The van der Waals surface area contributed by atoms with E-state index in [1.165, 1.54) is 5.56 Å². The van der Waals surface area contributed by atoms with Crippen molar-refractivity contribution in [2.24, 2.45) is 0 Å². The van der Waals surface area contributed by atoms with Crippen LogP contribution in [0, 0.1) is 0 Å². The predicted molar refractivity (Wildman–Crippen MR) is 128 cm³/mol. The molecule has 0 radical (unpaired) electrons. The normalized spacial score (nSPS) is 19.8. The zero-order valence-electron chi connectivity index (χ0n) is 14.2. The van der Waals surface area contributed by atoms with Crippen LogP contribution in [0.2, 0.25) is 0 Å². The molecular formula is C19H19I2N3OS. The Labute approximate surface area is 184 Å². The highest BCUT2D eigenvalue weighted by molar-refractivity contribution is 14.1. The van der Waals surface area contributed by atoms with Crippen LogP contribution in [-0.2, 0) is 6.42 Å².